The van der Waals surface area contributed by atoms with Crippen LogP contribution < -0.4 is 20.5 Å². The molecule has 0 aliphatic rings. The van der Waals surface area contributed by atoms with Crippen LogP contribution in [-0.2, 0) is 0 Å². The van der Waals surface area contributed by atoms with Crippen molar-refractivity contribution in [2.45, 2.75) is 39.9 Å². The molecule has 0 bridgehead atoms. The average molecular weight is 469 g/mol. The van der Waals surface area contributed by atoms with Gasteiger partial charge in [0.05, 0.1) is 12.6 Å². The SMILES string of the molecule is Cc1ccc(OC(C)CN=C(N)Nc2ccc(OC(C)C)cc2)cc1.I. The predicted octanol–water partition coefficient (Wildman–Crippen LogP) is 4.59. The molecule has 0 fully saturated rings. The van der Waals surface area contributed by atoms with E-state index in [2.05, 4.69) is 10.3 Å². The third kappa shape index (κ3) is 7.95. The fourth-order valence-electron chi connectivity index (χ4n) is 2.19. The highest BCUT2D eigenvalue weighted by Gasteiger charge is 2.04. The van der Waals surface area contributed by atoms with Crippen LogP contribution in [0.1, 0.15) is 26.3 Å². The summed E-state index contributed by atoms with van der Waals surface area (Å²) in [6, 6.07) is 15.6. The van der Waals surface area contributed by atoms with Gasteiger partial charge < -0.3 is 20.5 Å². The molecule has 1 unspecified atom stereocenters. The molecule has 0 aromatic heterocycles. The van der Waals surface area contributed by atoms with Crippen molar-refractivity contribution in [3.8, 4) is 11.5 Å². The lowest BCUT2D eigenvalue weighted by atomic mass is 10.2. The van der Waals surface area contributed by atoms with Gasteiger partial charge in [-0.05, 0) is 64.1 Å². The zero-order chi connectivity index (χ0) is 18.2. The van der Waals surface area contributed by atoms with E-state index in [1.54, 1.807) is 0 Å². The molecule has 5 nitrogen and oxygen atoms in total. The number of benzene rings is 2. The van der Waals surface area contributed by atoms with Crippen molar-refractivity contribution in [2.75, 3.05) is 11.9 Å². The Balaban J connectivity index is 0.00000338. The summed E-state index contributed by atoms with van der Waals surface area (Å²) in [5, 5.41) is 3.07. The van der Waals surface area contributed by atoms with Crippen LogP contribution >= 0.6 is 24.0 Å². The second-order valence-electron chi connectivity index (χ2n) is 6.28. The van der Waals surface area contributed by atoms with Gasteiger partial charge in [0.15, 0.2) is 5.96 Å². The molecule has 0 spiro atoms. The minimum absolute atomic E-state index is 0. The maximum absolute atomic E-state index is 5.94. The lowest BCUT2D eigenvalue weighted by Crippen LogP contribution is -2.25. The third-order valence-electron chi connectivity index (χ3n) is 3.38. The first-order valence-electron chi connectivity index (χ1n) is 8.49. The summed E-state index contributed by atoms with van der Waals surface area (Å²) < 4.78 is 11.4. The van der Waals surface area contributed by atoms with Crippen LogP contribution in [0.5, 0.6) is 11.5 Å². The summed E-state index contributed by atoms with van der Waals surface area (Å²) in [6.45, 7) is 8.48. The molecule has 0 amide bonds. The molecule has 26 heavy (non-hydrogen) atoms. The Kier molecular flexibility index (Phi) is 9.26. The van der Waals surface area contributed by atoms with Crippen LogP contribution in [0.25, 0.3) is 0 Å². The summed E-state index contributed by atoms with van der Waals surface area (Å²) in [5.41, 5.74) is 8.01. The number of nitrogens with zero attached hydrogens (tertiary/aromatic N) is 1. The van der Waals surface area contributed by atoms with E-state index < -0.39 is 0 Å². The van der Waals surface area contributed by atoms with E-state index >= 15 is 0 Å². The van der Waals surface area contributed by atoms with Crippen LogP contribution in [0.4, 0.5) is 5.69 Å². The number of hydrogen-bond donors (Lipinski definition) is 2. The molecular formula is C20H28IN3O2. The van der Waals surface area contributed by atoms with Gasteiger partial charge in [-0.25, -0.2) is 4.99 Å². The highest BCUT2D eigenvalue weighted by atomic mass is 127. The maximum Gasteiger partial charge on any atom is 0.193 e. The average Bonchev–Trinajstić information content (AvgIpc) is 2.56. The van der Waals surface area contributed by atoms with Crippen LogP contribution in [0.15, 0.2) is 53.5 Å². The van der Waals surface area contributed by atoms with Gasteiger partial charge in [0.2, 0.25) is 0 Å². The highest BCUT2D eigenvalue weighted by Crippen LogP contribution is 2.17. The number of halogens is 1. The van der Waals surface area contributed by atoms with Crippen molar-refractivity contribution >= 4 is 35.6 Å². The van der Waals surface area contributed by atoms with Crippen molar-refractivity contribution in [3.05, 3.63) is 54.1 Å². The summed E-state index contributed by atoms with van der Waals surface area (Å²) in [6.07, 6.45) is 0.0883. The fraction of sp³-hybridized carbons (Fsp3) is 0.350. The van der Waals surface area contributed by atoms with Crippen molar-refractivity contribution in [3.63, 3.8) is 0 Å². The van der Waals surface area contributed by atoms with Gasteiger partial charge in [0.25, 0.3) is 0 Å². The number of guanidine groups is 1. The van der Waals surface area contributed by atoms with E-state index in [1.165, 1.54) is 5.56 Å². The van der Waals surface area contributed by atoms with Crippen LogP contribution in [0, 0.1) is 6.92 Å². The fourth-order valence-corrected chi connectivity index (χ4v) is 2.19. The molecule has 2 aromatic carbocycles. The molecule has 1 atom stereocenters. The maximum atomic E-state index is 5.94. The Bertz CT molecular complexity index is 685. The van der Waals surface area contributed by atoms with Crippen LogP contribution in [0.3, 0.4) is 0 Å². The topological polar surface area (TPSA) is 68.9 Å². The number of nitrogens with two attached hydrogens (primary N) is 1. The number of anilines is 1. The molecule has 0 saturated carbocycles. The summed E-state index contributed by atoms with van der Waals surface area (Å²) in [4.78, 5) is 4.33. The Morgan fingerprint density at radius 1 is 0.962 bits per heavy atom. The first-order valence-corrected chi connectivity index (χ1v) is 8.49. The first-order chi connectivity index (χ1) is 11.9. The minimum Gasteiger partial charge on any atom is -0.491 e. The number of aryl methyl sites for hydroxylation is 1. The standard InChI is InChI=1S/C20H27N3O2.HI/c1-14(2)24-18-11-7-17(8-12-18)23-20(21)22-13-16(4)25-19-9-5-15(3)6-10-19;/h5-12,14,16H,13H2,1-4H3,(H3,21,22,23);1H. The molecule has 0 heterocycles. The van der Waals surface area contributed by atoms with Gasteiger partial charge in [0.1, 0.15) is 17.6 Å². The van der Waals surface area contributed by atoms with E-state index in [9.17, 15) is 0 Å². The number of aliphatic imine (C=N–C) groups is 1. The van der Waals surface area contributed by atoms with Gasteiger partial charge in [-0.2, -0.15) is 0 Å². The molecular weight excluding hydrogens is 441 g/mol. The van der Waals surface area contributed by atoms with Crippen LogP contribution in [0.2, 0.25) is 0 Å². The summed E-state index contributed by atoms with van der Waals surface area (Å²) in [7, 11) is 0. The zero-order valence-electron chi connectivity index (χ0n) is 15.7. The highest BCUT2D eigenvalue weighted by molar-refractivity contribution is 14.0. The van der Waals surface area contributed by atoms with Gasteiger partial charge in [-0.15, -0.1) is 24.0 Å². The number of hydrogen-bond acceptors (Lipinski definition) is 3. The van der Waals surface area contributed by atoms with Gasteiger partial charge in [0, 0.05) is 5.69 Å². The molecule has 0 saturated heterocycles. The molecule has 6 heteroatoms. The third-order valence-corrected chi connectivity index (χ3v) is 3.38. The monoisotopic (exact) mass is 469 g/mol. The largest absolute Gasteiger partial charge is 0.491 e. The number of ether oxygens (including phenoxy) is 2. The zero-order valence-corrected chi connectivity index (χ0v) is 18.1. The molecule has 0 aliphatic carbocycles. The molecule has 0 radical (unpaired) electrons. The second-order valence-corrected chi connectivity index (χ2v) is 6.28. The molecule has 2 aromatic rings. The molecule has 2 rings (SSSR count). The smallest absolute Gasteiger partial charge is 0.193 e. The van der Waals surface area contributed by atoms with Crippen LogP contribution in [-0.4, -0.2) is 24.7 Å². The lowest BCUT2D eigenvalue weighted by molar-refractivity contribution is 0.230. The Hall–Kier alpha value is -1.96. The Morgan fingerprint density at radius 3 is 2.08 bits per heavy atom. The lowest BCUT2D eigenvalue weighted by Gasteiger charge is -2.14. The second kappa shape index (κ2) is 10.9. The van der Waals surface area contributed by atoms with E-state index in [4.69, 9.17) is 15.2 Å². The van der Waals surface area contributed by atoms with E-state index in [0.717, 1.165) is 17.2 Å². The number of nitrogens with one attached hydrogen (secondary N) is 1. The molecule has 0 aliphatic heterocycles. The normalized spacial score (nSPS) is 12.3. The van der Waals surface area contributed by atoms with Gasteiger partial charge in [-0.1, -0.05) is 17.7 Å². The first kappa shape index (κ1) is 22.1. The molecule has 142 valence electrons. The Morgan fingerprint density at radius 2 is 1.50 bits per heavy atom. The van der Waals surface area contributed by atoms with Crippen molar-refractivity contribution < 1.29 is 9.47 Å². The summed E-state index contributed by atoms with van der Waals surface area (Å²) >= 11 is 0. The van der Waals surface area contributed by atoms with E-state index in [-0.39, 0.29) is 36.2 Å². The Labute approximate surface area is 173 Å². The van der Waals surface area contributed by atoms with E-state index in [1.807, 2.05) is 76.2 Å². The number of rotatable bonds is 7. The summed E-state index contributed by atoms with van der Waals surface area (Å²) in [5.74, 6) is 2.02. The van der Waals surface area contributed by atoms with Gasteiger partial charge in [-0.3, -0.25) is 0 Å². The van der Waals surface area contributed by atoms with Crippen molar-refractivity contribution in [2.24, 2.45) is 10.7 Å². The van der Waals surface area contributed by atoms with Crippen molar-refractivity contribution in [1.82, 2.24) is 0 Å². The predicted molar refractivity (Wildman–Crippen MR) is 119 cm³/mol. The van der Waals surface area contributed by atoms with E-state index in [0.29, 0.717) is 12.5 Å². The minimum atomic E-state index is -0.0649. The molecule has 3 N–H and O–H groups in total. The van der Waals surface area contributed by atoms with Crippen molar-refractivity contribution in [1.29, 1.82) is 0 Å². The van der Waals surface area contributed by atoms with Gasteiger partial charge >= 0.3 is 0 Å². The quantitative estimate of drug-likeness (QED) is 0.354.